The van der Waals surface area contributed by atoms with Crippen LogP contribution in [0.25, 0.3) is 22.2 Å². The normalized spacial score (nSPS) is 15.3. The molecule has 1 aromatic heterocycles. The second-order valence-electron chi connectivity index (χ2n) is 7.36. The molecular formula is C23H26N+. The van der Waals surface area contributed by atoms with Crippen LogP contribution in [0, 0.1) is 13.8 Å². The molecule has 0 aliphatic heterocycles. The molecule has 24 heavy (non-hydrogen) atoms. The Morgan fingerprint density at radius 1 is 0.917 bits per heavy atom. The summed E-state index contributed by atoms with van der Waals surface area (Å²) in [6, 6.07) is 18.2. The van der Waals surface area contributed by atoms with E-state index in [1.165, 1.54) is 59.0 Å². The highest BCUT2D eigenvalue weighted by atomic mass is 14.9. The number of hydrogen-bond donors (Lipinski definition) is 0. The molecule has 0 saturated heterocycles. The summed E-state index contributed by atoms with van der Waals surface area (Å²) in [6.45, 7) is 4.37. The second-order valence-corrected chi connectivity index (χ2v) is 7.36. The van der Waals surface area contributed by atoms with Crippen LogP contribution in [0.2, 0.25) is 0 Å². The third-order valence-corrected chi connectivity index (χ3v) is 5.70. The molecule has 1 fully saturated rings. The van der Waals surface area contributed by atoms with Gasteiger partial charge in [-0.25, -0.2) is 0 Å². The van der Waals surface area contributed by atoms with Crippen molar-refractivity contribution in [2.75, 3.05) is 0 Å². The SMILES string of the molecule is Cc1ccc(-c2ccc3c(C4CCCC4)cccc3[n+]2C)c(C)c1. The molecule has 3 aromatic rings. The van der Waals surface area contributed by atoms with Gasteiger partial charge < -0.3 is 0 Å². The maximum atomic E-state index is 2.37. The summed E-state index contributed by atoms with van der Waals surface area (Å²) in [7, 11) is 2.20. The van der Waals surface area contributed by atoms with Gasteiger partial charge in [-0.05, 0) is 55.9 Å². The average molecular weight is 316 g/mol. The zero-order valence-electron chi connectivity index (χ0n) is 15.0. The Labute approximate surface area is 145 Å². The number of aromatic nitrogens is 1. The minimum Gasteiger partial charge on any atom is -0.194 e. The Hall–Kier alpha value is -2.15. The van der Waals surface area contributed by atoms with Crippen molar-refractivity contribution in [2.24, 2.45) is 7.05 Å². The molecule has 0 unspecified atom stereocenters. The Bertz CT molecular complexity index is 901. The fourth-order valence-electron chi connectivity index (χ4n) is 4.41. The molecule has 2 aromatic carbocycles. The van der Waals surface area contributed by atoms with Crippen molar-refractivity contribution in [2.45, 2.75) is 45.4 Å². The zero-order valence-corrected chi connectivity index (χ0v) is 15.0. The van der Waals surface area contributed by atoms with Crippen molar-refractivity contribution in [3.8, 4) is 11.3 Å². The van der Waals surface area contributed by atoms with Gasteiger partial charge in [-0.15, -0.1) is 0 Å². The first-order valence-corrected chi connectivity index (χ1v) is 9.14. The van der Waals surface area contributed by atoms with E-state index in [0.29, 0.717) is 0 Å². The molecule has 0 N–H and O–H groups in total. The van der Waals surface area contributed by atoms with Gasteiger partial charge in [-0.2, -0.15) is 4.57 Å². The Morgan fingerprint density at radius 3 is 2.46 bits per heavy atom. The number of hydrogen-bond acceptors (Lipinski definition) is 0. The first kappa shape index (κ1) is 15.4. The number of rotatable bonds is 2. The summed E-state index contributed by atoms with van der Waals surface area (Å²) < 4.78 is 2.37. The van der Waals surface area contributed by atoms with Crippen LogP contribution < -0.4 is 4.57 Å². The van der Waals surface area contributed by atoms with E-state index < -0.39 is 0 Å². The van der Waals surface area contributed by atoms with Crippen molar-refractivity contribution in [3.05, 3.63) is 65.2 Å². The van der Waals surface area contributed by atoms with Gasteiger partial charge in [0.05, 0.1) is 0 Å². The maximum Gasteiger partial charge on any atom is 0.213 e. The standard InChI is InChI=1S/C23H26N/c1-16-11-12-19(17(2)15-16)23-14-13-21-20(18-7-4-5-8-18)9-6-10-22(21)24(23)3/h6,9-15,18H,4-5,7-8H2,1-3H3/q+1. The first-order chi connectivity index (χ1) is 11.6. The summed E-state index contributed by atoms with van der Waals surface area (Å²) in [6.07, 6.45) is 5.46. The van der Waals surface area contributed by atoms with Crippen molar-refractivity contribution in [3.63, 3.8) is 0 Å². The highest BCUT2D eigenvalue weighted by Gasteiger charge is 2.22. The van der Waals surface area contributed by atoms with Gasteiger partial charge in [-0.1, -0.05) is 42.7 Å². The minimum absolute atomic E-state index is 0.751. The molecule has 0 spiro atoms. The lowest BCUT2D eigenvalue weighted by Gasteiger charge is -2.13. The van der Waals surface area contributed by atoms with Crippen LogP contribution in [0.1, 0.15) is 48.3 Å². The van der Waals surface area contributed by atoms with Gasteiger partial charge in [-0.3, -0.25) is 0 Å². The first-order valence-electron chi connectivity index (χ1n) is 9.14. The fourth-order valence-corrected chi connectivity index (χ4v) is 4.41. The molecule has 0 bridgehead atoms. The van der Waals surface area contributed by atoms with E-state index >= 15 is 0 Å². The van der Waals surface area contributed by atoms with E-state index in [2.05, 4.69) is 74.0 Å². The van der Waals surface area contributed by atoms with Gasteiger partial charge in [0.2, 0.25) is 11.2 Å². The van der Waals surface area contributed by atoms with Gasteiger partial charge in [0.25, 0.3) is 0 Å². The lowest BCUT2D eigenvalue weighted by Crippen LogP contribution is -2.32. The molecular weight excluding hydrogens is 290 g/mol. The summed E-state index contributed by atoms with van der Waals surface area (Å²) in [4.78, 5) is 0. The molecule has 0 radical (unpaired) electrons. The second kappa shape index (κ2) is 6.05. The lowest BCUT2D eigenvalue weighted by atomic mass is 9.93. The van der Waals surface area contributed by atoms with Crippen LogP contribution in [0.15, 0.2) is 48.5 Å². The Morgan fingerprint density at radius 2 is 1.71 bits per heavy atom. The summed E-state index contributed by atoms with van der Waals surface area (Å²) in [5, 5.41) is 1.43. The molecule has 1 aliphatic carbocycles. The predicted octanol–water partition coefficient (Wildman–Crippen LogP) is 5.61. The Balaban J connectivity index is 1.89. The third-order valence-electron chi connectivity index (χ3n) is 5.70. The van der Waals surface area contributed by atoms with Gasteiger partial charge in [0.1, 0.15) is 7.05 Å². The van der Waals surface area contributed by atoms with E-state index in [9.17, 15) is 0 Å². The zero-order chi connectivity index (χ0) is 16.7. The molecule has 1 aliphatic rings. The Kier molecular flexibility index (Phi) is 3.88. The number of nitrogens with zero attached hydrogens (tertiary/aromatic N) is 1. The van der Waals surface area contributed by atoms with Crippen molar-refractivity contribution < 1.29 is 4.57 Å². The quantitative estimate of drug-likeness (QED) is 0.541. The highest BCUT2D eigenvalue weighted by molar-refractivity contribution is 5.82. The molecule has 122 valence electrons. The van der Waals surface area contributed by atoms with Crippen LogP contribution in [0.3, 0.4) is 0 Å². The van der Waals surface area contributed by atoms with Crippen LogP contribution in [0.4, 0.5) is 0 Å². The van der Waals surface area contributed by atoms with Crippen molar-refractivity contribution in [1.82, 2.24) is 0 Å². The predicted molar refractivity (Wildman–Crippen MR) is 101 cm³/mol. The summed E-state index contributed by atoms with van der Waals surface area (Å²) in [5.41, 5.74) is 8.18. The molecule has 1 heterocycles. The number of fused-ring (bicyclic) bond motifs is 1. The van der Waals surface area contributed by atoms with Gasteiger partial charge in [0.15, 0.2) is 0 Å². The summed E-state index contributed by atoms with van der Waals surface area (Å²) >= 11 is 0. The molecule has 0 amide bonds. The van der Waals surface area contributed by atoms with E-state index in [1.807, 2.05) is 0 Å². The van der Waals surface area contributed by atoms with E-state index in [4.69, 9.17) is 0 Å². The highest BCUT2D eigenvalue weighted by Crippen LogP contribution is 2.37. The van der Waals surface area contributed by atoms with Gasteiger partial charge in [0, 0.05) is 23.1 Å². The summed E-state index contributed by atoms with van der Waals surface area (Å²) in [5.74, 6) is 0.751. The van der Waals surface area contributed by atoms with Gasteiger partial charge >= 0.3 is 0 Å². The molecule has 1 heteroatoms. The van der Waals surface area contributed by atoms with Crippen molar-refractivity contribution in [1.29, 1.82) is 0 Å². The molecule has 1 nitrogen and oxygen atoms in total. The fraction of sp³-hybridized carbons (Fsp3) is 0.348. The van der Waals surface area contributed by atoms with Crippen LogP contribution in [-0.2, 0) is 7.05 Å². The number of aryl methyl sites for hydroxylation is 3. The average Bonchev–Trinajstić information content (AvgIpc) is 3.10. The van der Waals surface area contributed by atoms with Crippen molar-refractivity contribution >= 4 is 10.9 Å². The van der Waals surface area contributed by atoms with Crippen LogP contribution >= 0.6 is 0 Å². The van der Waals surface area contributed by atoms with E-state index in [-0.39, 0.29) is 0 Å². The van der Waals surface area contributed by atoms with E-state index in [1.54, 1.807) is 5.56 Å². The van der Waals surface area contributed by atoms with E-state index in [0.717, 1.165) is 5.92 Å². The molecule has 0 atom stereocenters. The number of pyridine rings is 1. The maximum absolute atomic E-state index is 2.37. The third kappa shape index (κ3) is 2.53. The largest absolute Gasteiger partial charge is 0.213 e. The minimum atomic E-state index is 0.751. The van der Waals surface area contributed by atoms with Crippen LogP contribution in [-0.4, -0.2) is 0 Å². The topological polar surface area (TPSA) is 3.88 Å². The van der Waals surface area contributed by atoms with Crippen LogP contribution in [0.5, 0.6) is 0 Å². The molecule has 4 rings (SSSR count). The molecule has 1 saturated carbocycles. The lowest BCUT2D eigenvalue weighted by molar-refractivity contribution is -0.633. The number of benzene rings is 2. The smallest absolute Gasteiger partial charge is 0.194 e. The monoisotopic (exact) mass is 316 g/mol.